The second-order valence-electron chi connectivity index (χ2n) is 5.29. The van der Waals surface area contributed by atoms with Crippen molar-refractivity contribution in [3.63, 3.8) is 0 Å². The Labute approximate surface area is 146 Å². The van der Waals surface area contributed by atoms with Crippen LogP contribution >= 0.6 is 12.4 Å². The smallest absolute Gasteiger partial charge is 0.246 e. The molecule has 24 heavy (non-hydrogen) atoms. The van der Waals surface area contributed by atoms with E-state index in [0.717, 1.165) is 12.1 Å². The average Bonchev–Trinajstić information content (AvgIpc) is 2.56. The number of halogens is 2. The number of morpholine rings is 1. The van der Waals surface area contributed by atoms with Gasteiger partial charge in [0.2, 0.25) is 15.9 Å². The molecule has 1 saturated heterocycles. The van der Waals surface area contributed by atoms with Gasteiger partial charge in [-0.15, -0.1) is 12.4 Å². The minimum Gasteiger partial charge on any atom is -0.379 e. The molecule has 1 heterocycles. The van der Waals surface area contributed by atoms with E-state index in [-0.39, 0.29) is 56.8 Å². The molecule has 0 saturated carbocycles. The van der Waals surface area contributed by atoms with Crippen LogP contribution in [0.2, 0.25) is 0 Å². The van der Waals surface area contributed by atoms with Gasteiger partial charge in [-0.25, -0.2) is 12.8 Å². The maximum atomic E-state index is 14.0. The van der Waals surface area contributed by atoms with Crippen LogP contribution in [-0.4, -0.2) is 51.5 Å². The Hall–Kier alpha value is -1.26. The number of nitrogens with zero attached hydrogens (tertiary/aromatic N) is 1. The highest BCUT2D eigenvalue weighted by molar-refractivity contribution is 7.89. The zero-order valence-corrected chi connectivity index (χ0v) is 14.8. The predicted molar refractivity (Wildman–Crippen MR) is 90.1 cm³/mol. The SMILES string of the molecule is CC(CN)C(=O)Nc1ccc(F)c(S(=O)(=O)N2CCOCC2)c1.Cl. The molecule has 0 aromatic heterocycles. The highest BCUT2D eigenvalue weighted by atomic mass is 35.5. The first kappa shape index (κ1) is 20.8. The molecule has 1 amide bonds. The molecule has 136 valence electrons. The molecule has 0 radical (unpaired) electrons. The van der Waals surface area contributed by atoms with Gasteiger partial charge < -0.3 is 15.8 Å². The van der Waals surface area contributed by atoms with Gasteiger partial charge in [-0.3, -0.25) is 4.79 Å². The second-order valence-corrected chi connectivity index (χ2v) is 7.19. The molecule has 0 bridgehead atoms. The van der Waals surface area contributed by atoms with Crippen molar-refractivity contribution in [3.05, 3.63) is 24.0 Å². The van der Waals surface area contributed by atoms with Crippen LogP contribution in [0.3, 0.4) is 0 Å². The maximum absolute atomic E-state index is 14.0. The molecule has 2 rings (SSSR count). The lowest BCUT2D eigenvalue weighted by Gasteiger charge is -2.26. The Morgan fingerprint density at radius 1 is 1.42 bits per heavy atom. The number of carbonyl (C=O) groups is 1. The molecule has 1 fully saturated rings. The summed E-state index contributed by atoms with van der Waals surface area (Å²) in [6.07, 6.45) is 0. The van der Waals surface area contributed by atoms with Crippen molar-refractivity contribution in [3.8, 4) is 0 Å². The van der Waals surface area contributed by atoms with Gasteiger partial charge in [0.15, 0.2) is 0 Å². The minimum atomic E-state index is -3.97. The largest absolute Gasteiger partial charge is 0.379 e. The number of rotatable bonds is 5. The quantitative estimate of drug-likeness (QED) is 0.785. The van der Waals surface area contributed by atoms with E-state index in [9.17, 15) is 17.6 Å². The summed E-state index contributed by atoms with van der Waals surface area (Å²) in [6.45, 7) is 2.68. The molecule has 1 aromatic carbocycles. The molecule has 1 aliphatic rings. The number of hydrogen-bond acceptors (Lipinski definition) is 5. The number of hydrogen-bond donors (Lipinski definition) is 2. The van der Waals surface area contributed by atoms with E-state index in [0.29, 0.717) is 0 Å². The van der Waals surface area contributed by atoms with Gasteiger partial charge in [-0.05, 0) is 18.2 Å². The van der Waals surface area contributed by atoms with Crippen LogP contribution in [0.5, 0.6) is 0 Å². The van der Waals surface area contributed by atoms with Crippen molar-refractivity contribution in [2.24, 2.45) is 11.7 Å². The summed E-state index contributed by atoms with van der Waals surface area (Å²) in [4.78, 5) is 11.4. The molecule has 10 heteroatoms. The summed E-state index contributed by atoms with van der Waals surface area (Å²) < 4.78 is 45.4. The summed E-state index contributed by atoms with van der Waals surface area (Å²) in [5.41, 5.74) is 5.62. The Kier molecular flexibility index (Phi) is 7.56. The fourth-order valence-corrected chi connectivity index (χ4v) is 3.58. The highest BCUT2D eigenvalue weighted by Crippen LogP contribution is 2.24. The van der Waals surface area contributed by atoms with Crippen molar-refractivity contribution >= 4 is 34.0 Å². The van der Waals surface area contributed by atoms with E-state index < -0.39 is 26.7 Å². The van der Waals surface area contributed by atoms with Gasteiger partial charge in [-0.1, -0.05) is 6.92 Å². The third-order valence-electron chi connectivity index (χ3n) is 3.59. The van der Waals surface area contributed by atoms with E-state index in [1.54, 1.807) is 6.92 Å². The molecule has 3 N–H and O–H groups in total. The van der Waals surface area contributed by atoms with Gasteiger partial charge in [0, 0.05) is 31.2 Å². The summed E-state index contributed by atoms with van der Waals surface area (Å²) in [7, 11) is -3.97. The molecule has 1 aliphatic heterocycles. The first-order valence-corrected chi connectivity index (χ1v) is 8.68. The monoisotopic (exact) mass is 381 g/mol. The average molecular weight is 382 g/mol. The van der Waals surface area contributed by atoms with E-state index in [2.05, 4.69) is 5.32 Å². The Balaban J connectivity index is 0.00000288. The van der Waals surface area contributed by atoms with Crippen molar-refractivity contribution in [1.29, 1.82) is 0 Å². The summed E-state index contributed by atoms with van der Waals surface area (Å²) >= 11 is 0. The number of amides is 1. The van der Waals surface area contributed by atoms with E-state index in [1.807, 2.05) is 0 Å². The summed E-state index contributed by atoms with van der Waals surface area (Å²) in [6, 6.07) is 3.46. The molecular weight excluding hydrogens is 361 g/mol. The molecular formula is C14H21ClFN3O4S. The van der Waals surface area contributed by atoms with Crippen molar-refractivity contribution in [1.82, 2.24) is 4.31 Å². The van der Waals surface area contributed by atoms with Gasteiger partial charge >= 0.3 is 0 Å². The molecule has 0 aliphatic carbocycles. The normalized spacial score (nSPS) is 17.0. The molecule has 1 aromatic rings. The topological polar surface area (TPSA) is 102 Å². The first-order chi connectivity index (χ1) is 10.9. The summed E-state index contributed by atoms with van der Waals surface area (Å²) in [5.74, 6) is -1.64. The second kappa shape index (κ2) is 8.72. The van der Waals surface area contributed by atoms with E-state index in [4.69, 9.17) is 10.5 Å². The Bertz CT molecular complexity index is 681. The number of ether oxygens (including phenoxy) is 1. The molecule has 1 atom stereocenters. The number of nitrogens with two attached hydrogens (primary N) is 1. The van der Waals surface area contributed by atoms with Gasteiger partial charge in [-0.2, -0.15) is 4.31 Å². The van der Waals surface area contributed by atoms with Crippen LogP contribution in [0.15, 0.2) is 23.1 Å². The molecule has 7 nitrogen and oxygen atoms in total. The lowest BCUT2D eigenvalue weighted by Crippen LogP contribution is -2.41. The van der Waals surface area contributed by atoms with Crippen LogP contribution in [0.4, 0.5) is 10.1 Å². The standard InChI is InChI=1S/C14H20FN3O4S.ClH/c1-10(9-16)14(19)17-11-2-3-12(15)13(8-11)23(20,21)18-4-6-22-7-5-18;/h2-3,8,10H,4-7,9,16H2,1H3,(H,17,19);1H. The van der Waals surface area contributed by atoms with E-state index in [1.165, 1.54) is 10.4 Å². The third-order valence-corrected chi connectivity index (χ3v) is 5.50. The lowest BCUT2D eigenvalue weighted by molar-refractivity contribution is -0.119. The van der Waals surface area contributed by atoms with Gasteiger partial charge in [0.25, 0.3) is 0 Å². The first-order valence-electron chi connectivity index (χ1n) is 7.24. The van der Waals surface area contributed by atoms with Crippen LogP contribution in [-0.2, 0) is 19.6 Å². The van der Waals surface area contributed by atoms with Gasteiger partial charge in [0.05, 0.1) is 13.2 Å². The predicted octanol–water partition coefficient (Wildman–Crippen LogP) is 0.802. The zero-order chi connectivity index (χ0) is 17.0. The lowest BCUT2D eigenvalue weighted by atomic mass is 10.1. The van der Waals surface area contributed by atoms with Crippen LogP contribution < -0.4 is 11.1 Å². The highest BCUT2D eigenvalue weighted by Gasteiger charge is 2.29. The van der Waals surface area contributed by atoms with Crippen molar-refractivity contribution in [2.45, 2.75) is 11.8 Å². The Morgan fingerprint density at radius 2 is 2.04 bits per heavy atom. The fourth-order valence-electron chi connectivity index (χ4n) is 2.08. The zero-order valence-electron chi connectivity index (χ0n) is 13.2. The van der Waals surface area contributed by atoms with Crippen LogP contribution in [0, 0.1) is 11.7 Å². The van der Waals surface area contributed by atoms with Crippen molar-refractivity contribution in [2.75, 3.05) is 38.2 Å². The van der Waals surface area contributed by atoms with Crippen LogP contribution in [0.25, 0.3) is 0 Å². The van der Waals surface area contributed by atoms with Gasteiger partial charge in [0.1, 0.15) is 10.7 Å². The Morgan fingerprint density at radius 3 is 2.62 bits per heavy atom. The van der Waals surface area contributed by atoms with Crippen LogP contribution in [0.1, 0.15) is 6.92 Å². The third kappa shape index (κ3) is 4.64. The number of sulfonamides is 1. The fraction of sp³-hybridized carbons (Fsp3) is 0.500. The number of nitrogens with one attached hydrogen (secondary N) is 1. The maximum Gasteiger partial charge on any atom is 0.246 e. The summed E-state index contributed by atoms with van der Waals surface area (Å²) in [5, 5.41) is 2.54. The minimum absolute atomic E-state index is 0. The van der Waals surface area contributed by atoms with Crippen molar-refractivity contribution < 1.29 is 22.3 Å². The van der Waals surface area contributed by atoms with E-state index >= 15 is 0 Å². The number of benzene rings is 1. The molecule has 1 unspecified atom stereocenters. The number of anilines is 1. The molecule has 0 spiro atoms. The number of carbonyl (C=O) groups excluding carboxylic acids is 1.